The number of fused-ring (bicyclic) bond motifs is 1. The maximum absolute atomic E-state index is 13.1. The van der Waals surface area contributed by atoms with E-state index in [9.17, 15) is 4.79 Å². The van der Waals surface area contributed by atoms with Gasteiger partial charge in [-0.1, -0.05) is 0 Å². The predicted molar refractivity (Wildman–Crippen MR) is 102 cm³/mol. The Balaban J connectivity index is 1.30. The molecule has 1 atom stereocenters. The van der Waals surface area contributed by atoms with Gasteiger partial charge < -0.3 is 14.2 Å². The Labute approximate surface area is 155 Å². The van der Waals surface area contributed by atoms with Crippen molar-refractivity contribution < 1.29 is 9.21 Å². The summed E-state index contributed by atoms with van der Waals surface area (Å²) >= 11 is 0. The summed E-state index contributed by atoms with van der Waals surface area (Å²) in [4.78, 5) is 17.8. The molecule has 4 nitrogen and oxygen atoms in total. The standard InChI is InChI=1S/C22H28N2O2/c1-16-11-19-12-18(5-6-20(19)26-16)21(25)24-10-8-22(15-24)7-2-9-23(14-22)13-17-3-4-17/h5-6,11-12,17H,2-4,7-10,13-15H2,1H3/t22-/m1/s1. The van der Waals surface area contributed by atoms with Crippen molar-refractivity contribution >= 4 is 16.9 Å². The van der Waals surface area contributed by atoms with Gasteiger partial charge in [0.15, 0.2) is 0 Å². The largest absolute Gasteiger partial charge is 0.461 e. The summed E-state index contributed by atoms with van der Waals surface area (Å²) in [5.74, 6) is 2.03. The lowest BCUT2D eigenvalue weighted by Gasteiger charge is -2.40. The number of amides is 1. The van der Waals surface area contributed by atoms with Gasteiger partial charge in [0.25, 0.3) is 5.91 Å². The minimum atomic E-state index is 0.182. The molecule has 0 radical (unpaired) electrons. The van der Waals surface area contributed by atoms with E-state index in [0.29, 0.717) is 5.41 Å². The third kappa shape index (κ3) is 3.05. The van der Waals surface area contributed by atoms with Gasteiger partial charge in [-0.3, -0.25) is 4.79 Å². The fourth-order valence-corrected chi connectivity index (χ4v) is 5.06. The number of hydrogen-bond acceptors (Lipinski definition) is 3. The minimum Gasteiger partial charge on any atom is -0.461 e. The summed E-state index contributed by atoms with van der Waals surface area (Å²) < 4.78 is 5.64. The molecule has 26 heavy (non-hydrogen) atoms. The molecule has 5 rings (SSSR count). The third-order valence-electron chi connectivity index (χ3n) is 6.57. The van der Waals surface area contributed by atoms with Gasteiger partial charge in [0.1, 0.15) is 11.3 Å². The van der Waals surface area contributed by atoms with Crippen molar-refractivity contribution in [2.75, 3.05) is 32.7 Å². The zero-order valence-electron chi connectivity index (χ0n) is 15.7. The first-order valence-electron chi connectivity index (χ1n) is 10.1. The van der Waals surface area contributed by atoms with E-state index in [4.69, 9.17) is 4.42 Å². The van der Waals surface area contributed by atoms with E-state index in [1.165, 1.54) is 45.3 Å². The molecule has 0 unspecified atom stereocenters. The number of hydrogen-bond donors (Lipinski definition) is 0. The van der Waals surface area contributed by atoms with Gasteiger partial charge in [0.2, 0.25) is 0 Å². The van der Waals surface area contributed by atoms with E-state index in [0.717, 1.165) is 47.7 Å². The molecule has 2 aromatic rings. The Bertz CT molecular complexity index is 838. The molecule has 0 N–H and O–H groups in total. The molecule has 2 aliphatic heterocycles. The maximum Gasteiger partial charge on any atom is 0.253 e. The van der Waals surface area contributed by atoms with Crippen molar-refractivity contribution in [3.63, 3.8) is 0 Å². The zero-order valence-corrected chi connectivity index (χ0v) is 15.7. The number of likely N-dealkylation sites (tertiary alicyclic amines) is 2. The lowest BCUT2D eigenvalue weighted by Crippen LogP contribution is -2.46. The first kappa shape index (κ1) is 16.4. The van der Waals surface area contributed by atoms with Crippen LogP contribution in [0.25, 0.3) is 11.0 Å². The van der Waals surface area contributed by atoms with Gasteiger partial charge in [-0.25, -0.2) is 0 Å². The van der Waals surface area contributed by atoms with E-state index >= 15 is 0 Å². The lowest BCUT2D eigenvalue weighted by atomic mass is 9.79. The van der Waals surface area contributed by atoms with E-state index in [-0.39, 0.29) is 5.91 Å². The molecule has 1 saturated carbocycles. The second-order valence-corrected chi connectivity index (χ2v) is 8.87. The quantitative estimate of drug-likeness (QED) is 0.835. The van der Waals surface area contributed by atoms with Crippen LogP contribution in [-0.2, 0) is 0 Å². The van der Waals surface area contributed by atoms with Gasteiger partial charge in [0.05, 0.1) is 0 Å². The average molecular weight is 352 g/mol. The number of carbonyl (C=O) groups excluding carboxylic acids is 1. The monoisotopic (exact) mass is 352 g/mol. The molecule has 0 bridgehead atoms. The summed E-state index contributed by atoms with van der Waals surface area (Å²) in [6.07, 6.45) is 6.56. The third-order valence-corrected chi connectivity index (χ3v) is 6.57. The number of rotatable bonds is 3. The van der Waals surface area contributed by atoms with Gasteiger partial charge in [-0.05, 0) is 75.8 Å². The summed E-state index contributed by atoms with van der Waals surface area (Å²) in [7, 11) is 0. The molecule has 3 heterocycles. The number of benzene rings is 1. The van der Waals surface area contributed by atoms with Crippen LogP contribution in [0.2, 0.25) is 0 Å². The van der Waals surface area contributed by atoms with Crippen molar-refractivity contribution in [2.45, 2.75) is 39.0 Å². The Morgan fingerprint density at radius 1 is 1.19 bits per heavy atom. The van der Waals surface area contributed by atoms with Crippen molar-refractivity contribution in [3.8, 4) is 0 Å². The highest BCUT2D eigenvalue weighted by Gasteiger charge is 2.43. The molecular formula is C22H28N2O2. The average Bonchev–Trinajstić information content (AvgIpc) is 3.22. The smallest absolute Gasteiger partial charge is 0.253 e. The highest BCUT2D eigenvalue weighted by Crippen LogP contribution is 2.41. The molecule has 1 aliphatic carbocycles. The van der Waals surface area contributed by atoms with Crippen LogP contribution in [0.1, 0.15) is 48.2 Å². The molecule has 4 heteroatoms. The summed E-state index contributed by atoms with van der Waals surface area (Å²) in [6.45, 7) is 7.50. The Hall–Kier alpha value is -1.81. The van der Waals surface area contributed by atoms with E-state index in [1.807, 2.05) is 31.2 Å². The van der Waals surface area contributed by atoms with Crippen molar-refractivity contribution in [1.82, 2.24) is 9.80 Å². The van der Waals surface area contributed by atoms with Crippen LogP contribution >= 0.6 is 0 Å². The number of furan rings is 1. The van der Waals surface area contributed by atoms with Crippen LogP contribution in [-0.4, -0.2) is 48.4 Å². The summed E-state index contributed by atoms with van der Waals surface area (Å²) in [5, 5.41) is 1.02. The number of carbonyl (C=O) groups is 1. The van der Waals surface area contributed by atoms with Gasteiger partial charge >= 0.3 is 0 Å². The molecule has 1 aromatic carbocycles. The van der Waals surface area contributed by atoms with E-state index < -0.39 is 0 Å². The first-order valence-corrected chi connectivity index (χ1v) is 10.1. The fraction of sp³-hybridized carbons (Fsp3) is 0.591. The van der Waals surface area contributed by atoms with E-state index in [1.54, 1.807) is 0 Å². The highest BCUT2D eigenvalue weighted by atomic mass is 16.3. The van der Waals surface area contributed by atoms with Crippen molar-refractivity contribution in [3.05, 3.63) is 35.6 Å². The molecule has 138 valence electrons. The van der Waals surface area contributed by atoms with Gasteiger partial charge in [-0.15, -0.1) is 0 Å². The highest BCUT2D eigenvalue weighted by molar-refractivity contribution is 5.98. The van der Waals surface area contributed by atoms with Gasteiger partial charge in [0, 0.05) is 42.5 Å². The number of piperidine rings is 1. The van der Waals surface area contributed by atoms with Crippen LogP contribution in [0.15, 0.2) is 28.7 Å². The second-order valence-electron chi connectivity index (χ2n) is 8.87. The molecule has 1 aromatic heterocycles. The summed E-state index contributed by atoms with van der Waals surface area (Å²) in [6, 6.07) is 7.84. The van der Waals surface area contributed by atoms with Crippen molar-refractivity contribution in [1.29, 1.82) is 0 Å². The van der Waals surface area contributed by atoms with Crippen LogP contribution in [0.3, 0.4) is 0 Å². The van der Waals surface area contributed by atoms with Gasteiger partial charge in [-0.2, -0.15) is 0 Å². The minimum absolute atomic E-state index is 0.182. The van der Waals surface area contributed by atoms with Crippen molar-refractivity contribution in [2.24, 2.45) is 11.3 Å². The second kappa shape index (κ2) is 6.12. The fourth-order valence-electron chi connectivity index (χ4n) is 5.06. The van der Waals surface area contributed by atoms with Crippen LogP contribution in [0.4, 0.5) is 0 Å². The predicted octanol–water partition coefficient (Wildman–Crippen LogP) is 4.08. The molecule has 3 aliphatic rings. The number of nitrogens with zero attached hydrogens (tertiary/aromatic N) is 2. The molecular weight excluding hydrogens is 324 g/mol. The number of aryl methyl sites for hydroxylation is 1. The Morgan fingerprint density at radius 3 is 2.92 bits per heavy atom. The SMILES string of the molecule is Cc1cc2cc(C(=O)N3CC[C@@]4(CCCN(CC5CC5)C4)C3)ccc2o1. The van der Waals surface area contributed by atoms with Crippen LogP contribution in [0, 0.1) is 18.3 Å². The lowest BCUT2D eigenvalue weighted by molar-refractivity contribution is 0.0681. The van der Waals surface area contributed by atoms with E-state index in [2.05, 4.69) is 9.80 Å². The Morgan fingerprint density at radius 2 is 2.08 bits per heavy atom. The normalized spacial score (nSPS) is 26.9. The molecule has 1 amide bonds. The zero-order chi connectivity index (χ0) is 17.7. The molecule has 3 fully saturated rings. The summed E-state index contributed by atoms with van der Waals surface area (Å²) in [5.41, 5.74) is 1.99. The Kier molecular flexibility index (Phi) is 3.85. The molecule has 1 spiro atoms. The van der Waals surface area contributed by atoms with Crippen LogP contribution < -0.4 is 0 Å². The maximum atomic E-state index is 13.1. The topological polar surface area (TPSA) is 36.7 Å². The van der Waals surface area contributed by atoms with Crippen LogP contribution in [0.5, 0.6) is 0 Å². The molecule has 2 saturated heterocycles. The first-order chi connectivity index (χ1) is 12.6.